The Bertz CT molecular complexity index is 611. The summed E-state index contributed by atoms with van der Waals surface area (Å²) in [7, 11) is 6.91. The molecule has 0 radical (unpaired) electrons. The van der Waals surface area contributed by atoms with Gasteiger partial charge in [0.1, 0.15) is 17.2 Å². The molecule has 4 nitrogen and oxygen atoms in total. The third-order valence-electron chi connectivity index (χ3n) is 3.37. The third kappa shape index (κ3) is 3.28. The van der Waals surface area contributed by atoms with Gasteiger partial charge in [0.05, 0.1) is 21.3 Å². The molecule has 0 fully saturated rings. The number of hydrogen-bond acceptors (Lipinski definition) is 4. The smallest absolute Gasteiger partial charge is 0.130 e. The van der Waals surface area contributed by atoms with Crippen molar-refractivity contribution in [2.45, 2.75) is 6.54 Å². The van der Waals surface area contributed by atoms with Crippen LogP contribution in [-0.4, -0.2) is 28.4 Å². The van der Waals surface area contributed by atoms with Crippen LogP contribution in [0.1, 0.15) is 5.56 Å². The average Bonchev–Trinajstić information content (AvgIpc) is 2.54. The van der Waals surface area contributed by atoms with E-state index in [0.29, 0.717) is 0 Å². The molecular formula is C17H21NO3. The lowest BCUT2D eigenvalue weighted by molar-refractivity contribution is 0.395. The Balaban J connectivity index is 2.48. The monoisotopic (exact) mass is 287 g/mol. The maximum atomic E-state index is 5.47. The minimum absolute atomic E-state index is 0.746. The van der Waals surface area contributed by atoms with Crippen molar-refractivity contribution < 1.29 is 14.2 Å². The van der Waals surface area contributed by atoms with Crippen LogP contribution in [0.4, 0.5) is 0 Å². The fraction of sp³-hybridized carbons (Fsp3) is 0.294. The lowest BCUT2D eigenvalue weighted by atomic mass is 10.0. The zero-order chi connectivity index (χ0) is 15.2. The van der Waals surface area contributed by atoms with Crippen LogP contribution >= 0.6 is 0 Å². The summed E-state index contributed by atoms with van der Waals surface area (Å²) in [4.78, 5) is 0. The molecule has 0 atom stereocenters. The summed E-state index contributed by atoms with van der Waals surface area (Å²) in [5.41, 5.74) is 3.22. The van der Waals surface area contributed by atoms with E-state index >= 15 is 0 Å². The molecule has 0 amide bonds. The largest absolute Gasteiger partial charge is 0.497 e. The lowest BCUT2D eigenvalue weighted by Crippen LogP contribution is -2.06. The van der Waals surface area contributed by atoms with Crippen molar-refractivity contribution in [2.24, 2.45) is 0 Å². The summed E-state index contributed by atoms with van der Waals surface area (Å²) in [6.07, 6.45) is 0. The first kappa shape index (κ1) is 15.2. The van der Waals surface area contributed by atoms with Gasteiger partial charge < -0.3 is 19.5 Å². The maximum absolute atomic E-state index is 5.47. The average molecular weight is 287 g/mol. The van der Waals surface area contributed by atoms with Crippen LogP contribution in [0, 0.1) is 0 Å². The molecule has 2 aromatic carbocycles. The fourth-order valence-electron chi connectivity index (χ4n) is 2.31. The number of methoxy groups -OCH3 is 3. The zero-order valence-corrected chi connectivity index (χ0v) is 12.9. The Labute approximate surface area is 125 Å². The van der Waals surface area contributed by atoms with E-state index in [-0.39, 0.29) is 0 Å². The van der Waals surface area contributed by atoms with Crippen LogP contribution < -0.4 is 19.5 Å². The van der Waals surface area contributed by atoms with Gasteiger partial charge in [0.25, 0.3) is 0 Å². The molecule has 0 aliphatic heterocycles. The first-order valence-electron chi connectivity index (χ1n) is 6.77. The molecule has 0 saturated heterocycles. The molecule has 2 rings (SSSR count). The predicted molar refractivity (Wildman–Crippen MR) is 84.3 cm³/mol. The molecule has 0 heterocycles. The Morgan fingerprint density at radius 2 is 1.62 bits per heavy atom. The van der Waals surface area contributed by atoms with Crippen LogP contribution in [0.3, 0.4) is 0 Å². The third-order valence-corrected chi connectivity index (χ3v) is 3.37. The summed E-state index contributed by atoms with van der Waals surface area (Å²) < 4.78 is 16.1. The molecule has 112 valence electrons. The van der Waals surface area contributed by atoms with E-state index in [0.717, 1.165) is 40.5 Å². The van der Waals surface area contributed by atoms with Crippen LogP contribution in [-0.2, 0) is 6.54 Å². The number of rotatable bonds is 6. The standard InChI is InChI=1S/C17H21NO3/c1-18-11-13-9-12(5-8-16(13)20-3)15-7-6-14(19-2)10-17(15)21-4/h5-10,18H,11H2,1-4H3. The van der Waals surface area contributed by atoms with Crippen LogP contribution in [0.25, 0.3) is 11.1 Å². The first-order valence-corrected chi connectivity index (χ1v) is 6.77. The molecular weight excluding hydrogens is 266 g/mol. The molecule has 2 aromatic rings. The van der Waals surface area contributed by atoms with Gasteiger partial charge in [-0.25, -0.2) is 0 Å². The van der Waals surface area contributed by atoms with Crippen molar-refractivity contribution in [3.05, 3.63) is 42.0 Å². The fourth-order valence-corrected chi connectivity index (χ4v) is 2.31. The molecule has 0 unspecified atom stereocenters. The molecule has 0 aliphatic rings. The van der Waals surface area contributed by atoms with E-state index in [1.165, 1.54) is 0 Å². The van der Waals surface area contributed by atoms with Crippen molar-refractivity contribution in [1.82, 2.24) is 5.32 Å². The van der Waals surface area contributed by atoms with Crippen molar-refractivity contribution in [3.63, 3.8) is 0 Å². The normalized spacial score (nSPS) is 10.3. The van der Waals surface area contributed by atoms with Gasteiger partial charge in [-0.15, -0.1) is 0 Å². The van der Waals surface area contributed by atoms with Crippen molar-refractivity contribution in [2.75, 3.05) is 28.4 Å². The molecule has 21 heavy (non-hydrogen) atoms. The molecule has 0 saturated carbocycles. The highest BCUT2D eigenvalue weighted by molar-refractivity contribution is 5.73. The van der Waals surface area contributed by atoms with Crippen molar-refractivity contribution >= 4 is 0 Å². The Morgan fingerprint density at radius 1 is 0.857 bits per heavy atom. The van der Waals surface area contributed by atoms with E-state index in [4.69, 9.17) is 14.2 Å². The van der Waals surface area contributed by atoms with Crippen molar-refractivity contribution in [1.29, 1.82) is 0 Å². The van der Waals surface area contributed by atoms with Gasteiger partial charge in [-0.1, -0.05) is 6.07 Å². The topological polar surface area (TPSA) is 39.7 Å². The van der Waals surface area contributed by atoms with Gasteiger partial charge in [0.2, 0.25) is 0 Å². The first-order chi connectivity index (χ1) is 10.2. The molecule has 0 aliphatic carbocycles. The van der Waals surface area contributed by atoms with Gasteiger partial charge in [-0.3, -0.25) is 0 Å². The molecule has 0 bridgehead atoms. The van der Waals surface area contributed by atoms with Crippen LogP contribution in [0.15, 0.2) is 36.4 Å². The Hall–Kier alpha value is -2.20. The summed E-state index contributed by atoms with van der Waals surface area (Å²) in [5, 5.41) is 3.15. The minimum atomic E-state index is 0.746. The second kappa shape index (κ2) is 6.99. The molecule has 4 heteroatoms. The highest BCUT2D eigenvalue weighted by Crippen LogP contribution is 2.35. The lowest BCUT2D eigenvalue weighted by Gasteiger charge is -2.14. The molecule has 1 N–H and O–H groups in total. The SMILES string of the molecule is CNCc1cc(-c2ccc(OC)cc2OC)ccc1OC. The van der Waals surface area contributed by atoms with Gasteiger partial charge in [-0.05, 0) is 36.9 Å². The molecule has 0 spiro atoms. The highest BCUT2D eigenvalue weighted by atomic mass is 16.5. The van der Waals surface area contributed by atoms with Gasteiger partial charge in [0, 0.05) is 23.7 Å². The number of ether oxygens (including phenoxy) is 3. The quantitative estimate of drug-likeness (QED) is 0.886. The van der Waals surface area contributed by atoms with Crippen LogP contribution in [0.5, 0.6) is 17.2 Å². The predicted octanol–water partition coefficient (Wildman–Crippen LogP) is 3.10. The Kier molecular flexibility index (Phi) is 5.06. The van der Waals surface area contributed by atoms with E-state index < -0.39 is 0 Å². The number of nitrogens with one attached hydrogen (secondary N) is 1. The molecule has 0 aromatic heterocycles. The van der Waals surface area contributed by atoms with E-state index in [9.17, 15) is 0 Å². The van der Waals surface area contributed by atoms with E-state index in [2.05, 4.69) is 11.4 Å². The highest BCUT2D eigenvalue weighted by Gasteiger charge is 2.10. The second-order valence-corrected chi connectivity index (χ2v) is 4.62. The second-order valence-electron chi connectivity index (χ2n) is 4.62. The number of benzene rings is 2. The Morgan fingerprint density at radius 3 is 2.24 bits per heavy atom. The minimum Gasteiger partial charge on any atom is -0.497 e. The van der Waals surface area contributed by atoms with Crippen molar-refractivity contribution in [3.8, 4) is 28.4 Å². The maximum Gasteiger partial charge on any atom is 0.130 e. The van der Waals surface area contributed by atoms with Gasteiger partial charge in [0.15, 0.2) is 0 Å². The number of hydrogen-bond donors (Lipinski definition) is 1. The summed E-state index contributed by atoms with van der Waals surface area (Å²) in [5.74, 6) is 2.44. The summed E-state index contributed by atoms with van der Waals surface area (Å²) >= 11 is 0. The van der Waals surface area contributed by atoms with Crippen LogP contribution in [0.2, 0.25) is 0 Å². The van der Waals surface area contributed by atoms with E-state index in [1.807, 2.05) is 37.4 Å². The zero-order valence-electron chi connectivity index (χ0n) is 12.9. The van der Waals surface area contributed by atoms with Gasteiger partial charge >= 0.3 is 0 Å². The van der Waals surface area contributed by atoms with Gasteiger partial charge in [-0.2, -0.15) is 0 Å². The van der Waals surface area contributed by atoms with E-state index in [1.54, 1.807) is 21.3 Å². The summed E-state index contributed by atoms with van der Waals surface area (Å²) in [6, 6.07) is 11.9. The summed E-state index contributed by atoms with van der Waals surface area (Å²) in [6.45, 7) is 0.746.